The minimum absolute atomic E-state index is 0.0463. The van der Waals surface area contributed by atoms with Crippen LogP contribution in [0.25, 0.3) is 0 Å². The molecule has 10 heavy (non-hydrogen) atoms. The molecule has 1 aliphatic heterocycles. The SMILES string of the molecule is C=C(C)C1CC(C)OC1=O. The Morgan fingerprint density at radius 3 is 2.60 bits per heavy atom. The second-order valence-corrected chi connectivity index (χ2v) is 2.88. The first-order valence-corrected chi connectivity index (χ1v) is 3.47. The van der Waals surface area contributed by atoms with E-state index in [1.165, 1.54) is 0 Å². The van der Waals surface area contributed by atoms with Crippen LogP contribution in [0.15, 0.2) is 12.2 Å². The van der Waals surface area contributed by atoms with Crippen LogP contribution in [0, 0.1) is 5.92 Å². The van der Waals surface area contributed by atoms with Crippen LogP contribution < -0.4 is 0 Å². The Balaban J connectivity index is 2.63. The molecule has 0 bridgehead atoms. The highest BCUT2D eigenvalue weighted by Crippen LogP contribution is 2.25. The molecule has 0 aromatic carbocycles. The zero-order valence-corrected chi connectivity index (χ0v) is 6.39. The van der Waals surface area contributed by atoms with Gasteiger partial charge in [-0.15, -0.1) is 0 Å². The molecule has 1 aliphatic rings. The van der Waals surface area contributed by atoms with E-state index in [2.05, 4.69) is 6.58 Å². The number of carbonyl (C=O) groups excluding carboxylic acids is 1. The summed E-state index contributed by atoms with van der Waals surface area (Å²) in [6.07, 6.45) is 0.878. The molecule has 0 radical (unpaired) electrons. The second kappa shape index (κ2) is 2.45. The van der Waals surface area contributed by atoms with E-state index in [0.717, 1.165) is 12.0 Å². The van der Waals surface area contributed by atoms with Crippen LogP contribution in [0.5, 0.6) is 0 Å². The van der Waals surface area contributed by atoms with Crippen LogP contribution in [0.4, 0.5) is 0 Å². The van der Waals surface area contributed by atoms with E-state index in [0.29, 0.717) is 0 Å². The molecule has 0 amide bonds. The van der Waals surface area contributed by atoms with E-state index in [-0.39, 0.29) is 18.0 Å². The number of rotatable bonds is 1. The second-order valence-electron chi connectivity index (χ2n) is 2.88. The molecule has 2 heteroatoms. The van der Waals surface area contributed by atoms with Crippen molar-refractivity contribution in [2.45, 2.75) is 26.4 Å². The standard InChI is InChI=1S/C8H12O2/c1-5(2)7-4-6(3)10-8(7)9/h6-7H,1,4H2,2-3H3. The average molecular weight is 140 g/mol. The van der Waals surface area contributed by atoms with Gasteiger partial charge in [0.1, 0.15) is 6.10 Å². The van der Waals surface area contributed by atoms with Crippen LogP contribution in [0.1, 0.15) is 20.3 Å². The molecule has 1 rings (SSSR count). The summed E-state index contributed by atoms with van der Waals surface area (Å²) in [5.74, 6) is -0.157. The van der Waals surface area contributed by atoms with Gasteiger partial charge in [-0.3, -0.25) is 4.79 Å². The lowest BCUT2D eigenvalue weighted by Gasteiger charge is -2.00. The summed E-state index contributed by atoms with van der Waals surface area (Å²) in [6, 6.07) is 0. The molecule has 1 saturated heterocycles. The third-order valence-electron chi connectivity index (χ3n) is 1.76. The molecule has 2 atom stereocenters. The minimum atomic E-state index is -0.111. The fraction of sp³-hybridized carbons (Fsp3) is 0.625. The molecule has 0 spiro atoms. The Hall–Kier alpha value is -0.790. The maximum Gasteiger partial charge on any atom is 0.313 e. The summed E-state index contributed by atoms with van der Waals surface area (Å²) in [6.45, 7) is 7.49. The maximum absolute atomic E-state index is 10.9. The molecule has 56 valence electrons. The third-order valence-corrected chi connectivity index (χ3v) is 1.76. The van der Waals surface area contributed by atoms with Gasteiger partial charge in [0.2, 0.25) is 0 Å². The number of hydrogen-bond acceptors (Lipinski definition) is 2. The monoisotopic (exact) mass is 140 g/mol. The predicted octanol–water partition coefficient (Wildman–Crippen LogP) is 1.51. The number of hydrogen-bond donors (Lipinski definition) is 0. The first-order chi connectivity index (χ1) is 4.61. The predicted molar refractivity (Wildman–Crippen MR) is 38.5 cm³/mol. The Morgan fingerprint density at radius 1 is 1.80 bits per heavy atom. The highest BCUT2D eigenvalue weighted by molar-refractivity contribution is 5.77. The van der Waals surface area contributed by atoms with Gasteiger partial charge in [0, 0.05) is 6.42 Å². The van der Waals surface area contributed by atoms with Gasteiger partial charge >= 0.3 is 5.97 Å². The molecule has 0 N–H and O–H groups in total. The quantitative estimate of drug-likeness (QED) is 0.407. The minimum Gasteiger partial charge on any atom is -0.462 e. The average Bonchev–Trinajstić information content (AvgIpc) is 2.10. The largest absolute Gasteiger partial charge is 0.462 e. The van der Waals surface area contributed by atoms with Gasteiger partial charge in [0.25, 0.3) is 0 Å². The molecular weight excluding hydrogens is 128 g/mol. The number of carbonyl (C=O) groups is 1. The first-order valence-electron chi connectivity index (χ1n) is 3.47. The lowest BCUT2D eigenvalue weighted by Crippen LogP contribution is -2.07. The highest BCUT2D eigenvalue weighted by atomic mass is 16.5. The molecule has 1 fully saturated rings. The van der Waals surface area contributed by atoms with E-state index < -0.39 is 0 Å². The van der Waals surface area contributed by atoms with Crippen molar-refractivity contribution in [2.24, 2.45) is 5.92 Å². The molecule has 0 aromatic heterocycles. The van der Waals surface area contributed by atoms with Crippen molar-refractivity contribution >= 4 is 5.97 Å². The van der Waals surface area contributed by atoms with Crippen molar-refractivity contribution in [3.8, 4) is 0 Å². The number of esters is 1. The van der Waals surface area contributed by atoms with Crippen LogP contribution in [0.3, 0.4) is 0 Å². The van der Waals surface area contributed by atoms with E-state index >= 15 is 0 Å². The van der Waals surface area contributed by atoms with Crippen LogP contribution >= 0.6 is 0 Å². The summed E-state index contributed by atoms with van der Waals surface area (Å²) < 4.78 is 4.94. The van der Waals surface area contributed by atoms with Crippen LogP contribution in [-0.4, -0.2) is 12.1 Å². The Labute approximate surface area is 60.9 Å². The van der Waals surface area contributed by atoms with Crippen molar-refractivity contribution < 1.29 is 9.53 Å². The van der Waals surface area contributed by atoms with Gasteiger partial charge in [-0.1, -0.05) is 12.2 Å². The lowest BCUT2D eigenvalue weighted by molar-refractivity contribution is -0.142. The van der Waals surface area contributed by atoms with Crippen molar-refractivity contribution in [1.82, 2.24) is 0 Å². The van der Waals surface area contributed by atoms with Gasteiger partial charge in [0.15, 0.2) is 0 Å². The fourth-order valence-corrected chi connectivity index (χ4v) is 1.16. The normalized spacial score (nSPS) is 32.0. The molecule has 0 saturated carbocycles. The summed E-state index contributed by atoms with van der Waals surface area (Å²) in [4.78, 5) is 10.9. The van der Waals surface area contributed by atoms with Crippen molar-refractivity contribution in [1.29, 1.82) is 0 Å². The van der Waals surface area contributed by atoms with E-state index in [1.54, 1.807) is 0 Å². The molecule has 2 unspecified atom stereocenters. The first kappa shape index (κ1) is 7.32. The van der Waals surface area contributed by atoms with Gasteiger partial charge in [-0.2, -0.15) is 0 Å². The summed E-state index contributed by atoms with van der Waals surface area (Å²) in [5, 5.41) is 0. The molecule has 1 heterocycles. The highest BCUT2D eigenvalue weighted by Gasteiger charge is 2.31. The number of ether oxygens (including phenoxy) is 1. The smallest absolute Gasteiger partial charge is 0.313 e. The van der Waals surface area contributed by atoms with Gasteiger partial charge in [-0.25, -0.2) is 0 Å². The van der Waals surface area contributed by atoms with Gasteiger partial charge in [-0.05, 0) is 13.8 Å². The zero-order valence-electron chi connectivity index (χ0n) is 6.39. The fourth-order valence-electron chi connectivity index (χ4n) is 1.16. The van der Waals surface area contributed by atoms with Crippen molar-refractivity contribution in [2.75, 3.05) is 0 Å². The van der Waals surface area contributed by atoms with Crippen LogP contribution in [0.2, 0.25) is 0 Å². The third kappa shape index (κ3) is 1.20. The van der Waals surface area contributed by atoms with Crippen molar-refractivity contribution in [3.63, 3.8) is 0 Å². The maximum atomic E-state index is 10.9. The van der Waals surface area contributed by atoms with Crippen LogP contribution in [-0.2, 0) is 9.53 Å². The van der Waals surface area contributed by atoms with Crippen molar-refractivity contribution in [3.05, 3.63) is 12.2 Å². The zero-order chi connectivity index (χ0) is 7.72. The summed E-state index contributed by atoms with van der Waals surface area (Å²) in [7, 11) is 0. The summed E-state index contributed by atoms with van der Waals surface area (Å²) >= 11 is 0. The number of cyclic esters (lactones) is 1. The molecular formula is C8H12O2. The van der Waals surface area contributed by atoms with E-state index in [1.807, 2.05) is 13.8 Å². The van der Waals surface area contributed by atoms with E-state index in [4.69, 9.17) is 4.74 Å². The Morgan fingerprint density at radius 2 is 2.40 bits per heavy atom. The molecule has 2 nitrogen and oxygen atoms in total. The Kier molecular flexibility index (Phi) is 1.79. The molecule has 0 aliphatic carbocycles. The lowest BCUT2D eigenvalue weighted by atomic mass is 9.99. The molecule has 0 aromatic rings. The topological polar surface area (TPSA) is 26.3 Å². The summed E-state index contributed by atoms with van der Waals surface area (Å²) in [5.41, 5.74) is 0.911. The van der Waals surface area contributed by atoms with Gasteiger partial charge < -0.3 is 4.74 Å². The Bertz CT molecular complexity index is 172. The van der Waals surface area contributed by atoms with E-state index in [9.17, 15) is 4.79 Å². The van der Waals surface area contributed by atoms with Gasteiger partial charge in [0.05, 0.1) is 5.92 Å².